The van der Waals surface area contributed by atoms with E-state index in [1.54, 1.807) is 0 Å². The van der Waals surface area contributed by atoms with Crippen LogP contribution >= 0.6 is 0 Å². The molecule has 0 aromatic carbocycles. The highest BCUT2D eigenvalue weighted by atomic mass is 14.2. The van der Waals surface area contributed by atoms with Crippen molar-refractivity contribution in [2.45, 2.75) is 73.1 Å². The average Bonchev–Trinajstić information content (AvgIpc) is 2.03. The zero-order chi connectivity index (χ0) is 11.0. The summed E-state index contributed by atoms with van der Waals surface area (Å²) in [6.45, 7) is 11.8. The van der Waals surface area contributed by atoms with E-state index in [0.717, 1.165) is 17.8 Å². The first-order valence-electron chi connectivity index (χ1n) is 6.60. The molecule has 0 heteroatoms. The van der Waals surface area contributed by atoms with E-state index < -0.39 is 0 Å². The molecule has 0 fully saturated rings. The SMILES string of the molecule is CCCC(C)CC(C)CC(C)CCC. The Morgan fingerprint density at radius 1 is 0.643 bits per heavy atom. The average molecular weight is 198 g/mol. The normalized spacial score (nSPS) is 17.8. The van der Waals surface area contributed by atoms with Crippen LogP contribution in [0.3, 0.4) is 0 Å². The largest absolute Gasteiger partial charge is 0.0654 e. The third kappa shape index (κ3) is 7.41. The molecule has 0 heterocycles. The topological polar surface area (TPSA) is 0 Å². The molecule has 0 saturated carbocycles. The van der Waals surface area contributed by atoms with Gasteiger partial charge in [0.15, 0.2) is 0 Å². The number of rotatable bonds is 8. The van der Waals surface area contributed by atoms with Crippen molar-refractivity contribution >= 4 is 0 Å². The van der Waals surface area contributed by atoms with Crippen LogP contribution in [0.25, 0.3) is 0 Å². The number of hydrogen-bond acceptors (Lipinski definition) is 0. The molecule has 14 heavy (non-hydrogen) atoms. The smallest absolute Gasteiger partial charge is 0.0438 e. The van der Waals surface area contributed by atoms with Crippen LogP contribution in [0.1, 0.15) is 73.1 Å². The van der Waals surface area contributed by atoms with Gasteiger partial charge in [-0.2, -0.15) is 0 Å². The molecule has 2 atom stereocenters. The molecule has 86 valence electrons. The monoisotopic (exact) mass is 198 g/mol. The lowest BCUT2D eigenvalue weighted by atomic mass is 9.86. The van der Waals surface area contributed by atoms with Crippen molar-refractivity contribution in [3.8, 4) is 0 Å². The van der Waals surface area contributed by atoms with E-state index in [1.165, 1.54) is 38.5 Å². The predicted molar refractivity (Wildman–Crippen MR) is 66.5 cm³/mol. The molecule has 0 rings (SSSR count). The summed E-state index contributed by atoms with van der Waals surface area (Å²) in [7, 11) is 0. The van der Waals surface area contributed by atoms with Crippen molar-refractivity contribution in [3.63, 3.8) is 0 Å². The first kappa shape index (κ1) is 14.0. The highest BCUT2D eigenvalue weighted by Crippen LogP contribution is 2.24. The summed E-state index contributed by atoms with van der Waals surface area (Å²) in [5, 5.41) is 0. The molecule has 0 aliphatic heterocycles. The van der Waals surface area contributed by atoms with Gasteiger partial charge in [0.1, 0.15) is 0 Å². The van der Waals surface area contributed by atoms with E-state index in [0.29, 0.717) is 0 Å². The molecule has 0 nitrogen and oxygen atoms in total. The molecular weight excluding hydrogens is 168 g/mol. The van der Waals surface area contributed by atoms with E-state index in [9.17, 15) is 0 Å². The Morgan fingerprint density at radius 2 is 1.00 bits per heavy atom. The predicted octanol–water partition coefficient (Wildman–Crippen LogP) is 5.28. The lowest BCUT2D eigenvalue weighted by molar-refractivity contribution is 0.323. The summed E-state index contributed by atoms with van der Waals surface area (Å²) in [4.78, 5) is 0. The van der Waals surface area contributed by atoms with Gasteiger partial charge in [0, 0.05) is 0 Å². The summed E-state index contributed by atoms with van der Waals surface area (Å²) >= 11 is 0. The van der Waals surface area contributed by atoms with Gasteiger partial charge in [0.25, 0.3) is 0 Å². The van der Waals surface area contributed by atoms with Crippen LogP contribution in [0.2, 0.25) is 0 Å². The van der Waals surface area contributed by atoms with Crippen LogP contribution in [0.4, 0.5) is 0 Å². The Hall–Kier alpha value is 0. The second-order valence-corrected chi connectivity index (χ2v) is 5.36. The molecule has 0 amide bonds. The molecule has 0 aromatic heterocycles. The fraction of sp³-hybridized carbons (Fsp3) is 1.00. The van der Waals surface area contributed by atoms with Crippen molar-refractivity contribution < 1.29 is 0 Å². The highest BCUT2D eigenvalue weighted by molar-refractivity contribution is 4.63. The van der Waals surface area contributed by atoms with Gasteiger partial charge in [0.2, 0.25) is 0 Å². The second-order valence-electron chi connectivity index (χ2n) is 5.36. The summed E-state index contributed by atoms with van der Waals surface area (Å²) < 4.78 is 0. The van der Waals surface area contributed by atoms with Crippen LogP contribution in [-0.2, 0) is 0 Å². The maximum absolute atomic E-state index is 2.43. The van der Waals surface area contributed by atoms with Gasteiger partial charge in [-0.05, 0) is 30.6 Å². The molecule has 0 radical (unpaired) electrons. The van der Waals surface area contributed by atoms with Crippen LogP contribution in [0.5, 0.6) is 0 Å². The Kier molecular flexibility index (Phi) is 8.32. The first-order chi connectivity index (χ1) is 6.60. The molecule has 0 aliphatic rings. The third-order valence-corrected chi connectivity index (χ3v) is 3.17. The van der Waals surface area contributed by atoms with Gasteiger partial charge in [-0.25, -0.2) is 0 Å². The quantitative estimate of drug-likeness (QED) is 0.498. The van der Waals surface area contributed by atoms with Crippen molar-refractivity contribution in [1.29, 1.82) is 0 Å². The zero-order valence-electron chi connectivity index (χ0n) is 11.0. The Bertz CT molecular complexity index is 103. The number of hydrogen-bond donors (Lipinski definition) is 0. The molecule has 0 N–H and O–H groups in total. The van der Waals surface area contributed by atoms with Gasteiger partial charge in [-0.1, -0.05) is 60.3 Å². The van der Waals surface area contributed by atoms with E-state index in [-0.39, 0.29) is 0 Å². The van der Waals surface area contributed by atoms with E-state index in [4.69, 9.17) is 0 Å². The van der Waals surface area contributed by atoms with Gasteiger partial charge >= 0.3 is 0 Å². The highest BCUT2D eigenvalue weighted by Gasteiger charge is 2.11. The minimum atomic E-state index is 0.929. The Labute approximate surface area is 91.5 Å². The van der Waals surface area contributed by atoms with Crippen LogP contribution in [-0.4, -0.2) is 0 Å². The maximum Gasteiger partial charge on any atom is -0.0438 e. The zero-order valence-corrected chi connectivity index (χ0v) is 11.0. The van der Waals surface area contributed by atoms with Crippen molar-refractivity contribution in [1.82, 2.24) is 0 Å². The molecule has 0 aromatic rings. The van der Waals surface area contributed by atoms with Crippen molar-refractivity contribution in [3.05, 3.63) is 0 Å². The molecule has 0 bridgehead atoms. The molecule has 0 aliphatic carbocycles. The minimum Gasteiger partial charge on any atom is -0.0654 e. The third-order valence-electron chi connectivity index (χ3n) is 3.17. The summed E-state index contributed by atoms with van der Waals surface area (Å²) in [6.07, 6.45) is 8.37. The van der Waals surface area contributed by atoms with Crippen LogP contribution in [0.15, 0.2) is 0 Å². The van der Waals surface area contributed by atoms with Crippen molar-refractivity contribution in [2.75, 3.05) is 0 Å². The van der Waals surface area contributed by atoms with Gasteiger partial charge in [-0.15, -0.1) is 0 Å². The second kappa shape index (κ2) is 8.32. The Balaban J connectivity index is 3.57. The molecule has 0 spiro atoms. The van der Waals surface area contributed by atoms with Gasteiger partial charge < -0.3 is 0 Å². The van der Waals surface area contributed by atoms with Crippen LogP contribution < -0.4 is 0 Å². The van der Waals surface area contributed by atoms with E-state index in [2.05, 4.69) is 34.6 Å². The first-order valence-corrected chi connectivity index (χ1v) is 6.60. The summed E-state index contributed by atoms with van der Waals surface area (Å²) in [5.74, 6) is 2.80. The molecule has 0 saturated heterocycles. The Morgan fingerprint density at radius 3 is 1.29 bits per heavy atom. The van der Waals surface area contributed by atoms with Gasteiger partial charge in [-0.3, -0.25) is 0 Å². The molecular formula is C14H30. The lowest BCUT2D eigenvalue weighted by Gasteiger charge is -2.20. The van der Waals surface area contributed by atoms with Crippen molar-refractivity contribution in [2.24, 2.45) is 17.8 Å². The summed E-state index contributed by atoms with van der Waals surface area (Å²) in [6, 6.07) is 0. The fourth-order valence-corrected chi connectivity index (χ4v) is 2.69. The van der Waals surface area contributed by atoms with E-state index >= 15 is 0 Å². The van der Waals surface area contributed by atoms with Gasteiger partial charge in [0.05, 0.1) is 0 Å². The minimum absolute atomic E-state index is 0.929. The lowest BCUT2D eigenvalue weighted by Crippen LogP contribution is -2.07. The van der Waals surface area contributed by atoms with Crippen LogP contribution in [0, 0.1) is 17.8 Å². The standard InChI is InChI=1S/C14H30/c1-6-8-12(3)10-14(5)11-13(4)9-7-2/h12-14H,6-11H2,1-5H3. The molecule has 2 unspecified atom stereocenters. The fourth-order valence-electron chi connectivity index (χ4n) is 2.69. The van der Waals surface area contributed by atoms with E-state index in [1.807, 2.05) is 0 Å². The maximum atomic E-state index is 2.43. The summed E-state index contributed by atoms with van der Waals surface area (Å²) in [5.41, 5.74) is 0.